The van der Waals surface area contributed by atoms with Crippen LogP contribution in [0.15, 0.2) is 91.0 Å². The average Bonchev–Trinajstić information content (AvgIpc) is 3.64. The largest absolute Gasteiger partial charge is 0.0951 e. The minimum Gasteiger partial charge on any atom is -0.0619 e. The summed E-state index contributed by atoms with van der Waals surface area (Å²) in [6, 6.07) is 37.4. The van der Waals surface area contributed by atoms with Crippen LogP contribution in [-0.4, -0.2) is 8.07 Å². The van der Waals surface area contributed by atoms with Gasteiger partial charge in [0.2, 0.25) is 0 Å². The fraction of sp³-hybridized carbons (Fsp3) is 0.385. The summed E-state index contributed by atoms with van der Waals surface area (Å²) in [7, 11) is -1.90. The van der Waals surface area contributed by atoms with Crippen LogP contribution in [-0.2, 0) is 5.41 Å². The molecule has 2 unspecified atom stereocenters. The van der Waals surface area contributed by atoms with E-state index in [0.29, 0.717) is 17.8 Å². The predicted molar refractivity (Wildman–Crippen MR) is 171 cm³/mol. The Morgan fingerprint density at radius 3 is 1.45 bits per heavy atom. The van der Waals surface area contributed by atoms with Crippen molar-refractivity contribution in [3.63, 3.8) is 0 Å². The fourth-order valence-corrected chi connectivity index (χ4v) is 18.4. The van der Waals surface area contributed by atoms with E-state index in [4.69, 9.17) is 0 Å². The zero-order valence-electron chi connectivity index (χ0n) is 24.6. The zero-order chi connectivity index (χ0) is 27.2. The van der Waals surface area contributed by atoms with Crippen molar-refractivity contribution in [1.29, 1.82) is 0 Å². The molecule has 2 bridgehead atoms. The predicted octanol–water partition coefficient (Wildman–Crippen LogP) is 9.76. The molecular formula is C39H42Si. The molecule has 0 N–H and O–H groups in total. The van der Waals surface area contributed by atoms with E-state index >= 15 is 0 Å². The van der Waals surface area contributed by atoms with Crippen molar-refractivity contribution in [2.75, 3.05) is 0 Å². The summed E-state index contributed by atoms with van der Waals surface area (Å²) < 4.78 is 0. The van der Waals surface area contributed by atoms with E-state index in [2.05, 4.69) is 119 Å². The molecule has 1 saturated heterocycles. The number of benzene rings is 4. The maximum Gasteiger partial charge on any atom is 0.0951 e. The van der Waals surface area contributed by atoms with Gasteiger partial charge in [-0.2, -0.15) is 0 Å². The molecule has 1 aliphatic heterocycles. The highest BCUT2D eigenvalue weighted by Crippen LogP contribution is 2.73. The second-order valence-electron chi connectivity index (χ2n) is 13.9. The molecule has 9 rings (SSSR count). The molecule has 2 fully saturated rings. The monoisotopic (exact) mass is 538 g/mol. The van der Waals surface area contributed by atoms with Gasteiger partial charge >= 0.3 is 0 Å². The van der Waals surface area contributed by atoms with Gasteiger partial charge in [-0.3, -0.25) is 0 Å². The maximum absolute atomic E-state index is 2.51. The molecule has 0 nitrogen and oxygen atoms in total. The molecule has 5 aliphatic rings. The first-order valence-corrected chi connectivity index (χ1v) is 18.3. The van der Waals surface area contributed by atoms with Crippen LogP contribution in [0.4, 0.5) is 0 Å². The standard InChI is InChI=1S/C39H42Si/c1-25(2)27-17-13-18-28(26(3)4)38(27)40(35-22-11-12-23-36(35)40)24-39-32-19-8-5-14-29(32)37(30-15-6-9-20-33(30)39)31-16-7-10-21-34(31)39/h5-10,13-21,25-26,35-37H,11-12,22-24H2,1-4H3. The van der Waals surface area contributed by atoms with Crippen molar-refractivity contribution in [3.05, 3.63) is 136 Å². The van der Waals surface area contributed by atoms with E-state index in [1.165, 1.54) is 31.7 Å². The van der Waals surface area contributed by atoms with Crippen molar-refractivity contribution in [2.45, 2.75) is 93.7 Å². The third-order valence-corrected chi connectivity index (χ3v) is 17.8. The summed E-state index contributed by atoms with van der Waals surface area (Å²) in [5, 5.41) is 1.88. The molecule has 2 atom stereocenters. The summed E-state index contributed by atoms with van der Waals surface area (Å²) in [6.07, 6.45) is 5.75. The van der Waals surface area contributed by atoms with Crippen molar-refractivity contribution in [3.8, 4) is 0 Å². The van der Waals surface area contributed by atoms with Gasteiger partial charge in [0.05, 0.1) is 8.07 Å². The first-order chi connectivity index (χ1) is 19.5. The summed E-state index contributed by atoms with van der Waals surface area (Å²) in [5.41, 5.74) is 14.7. The summed E-state index contributed by atoms with van der Waals surface area (Å²) in [5.74, 6) is 1.48. The van der Waals surface area contributed by atoms with Gasteiger partial charge in [0.25, 0.3) is 0 Å². The Morgan fingerprint density at radius 1 is 0.600 bits per heavy atom. The third kappa shape index (κ3) is 3.08. The second-order valence-corrected chi connectivity index (χ2v) is 18.4. The minimum atomic E-state index is -1.90. The minimum absolute atomic E-state index is 0.0551. The quantitative estimate of drug-likeness (QED) is 0.222. The molecule has 40 heavy (non-hydrogen) atoms. The maximum atomic E-state index is 2.51. The second kappa shape index (κ2) is 8.80. The molecular weight excluding hydrogens is 497 g/mol. The van der Waals surface area contributed by atoms with Crippen LogP contribution >= 0.6 is 0 Å². The molecule has 1 heteroatoms. The van der Waals surface area contributed by atoms with Crippen LogP contribution in [0.25, 0.3) is 0 Å². The highest BCUT2D eigenvalue weighted by molar-refractivity contribution is 7.04. The number of rotatable bonds is 5. The van der Waals surface area contributed by atoms with E-state index in [-0.39, 0.29) is 5.41 Å². The zero-order valence-corrected chi connectivity index (χ0v) is 25.6. The van der Waals surface area contributed by atoms with Crippen LogP contribution in [0.2, 0.25) is 17.1 Å². The van der Waals surface area contributed by atoms with Gasteiger partial charge in [-0.05, 0) is 73.5 Å². The van der Waals surface area contributed by atoms with Gasteiger partial charge in [0.1, 0.15) is 0 Å². The Balaban J connectivity index is 1.46. The molecule has 0 aromatic heterocycles. The normalized spacial score (nSPS) is 29.1. The first-order valence-electron chi connectivity index (χ1n) is 15.9. The van der Waals surface area contributed by atoms with Crippen LogP contribution in [0, 0.1) is 0 Å². The lowest BCUT2D eigenvalue weighted by atomic mass is 9.53. The number of fused-ring (bicyclic) bond motifs is 1. The van der Waals surface area contributed by atoms with Gasteiger partial charge in [-0.15, -0.1) is 0 Å². The lowest BCUT2D eigenvalue weighted by molar-refractivity contribution is 0.561. The van der Waals surface area contributed by atoms with E-state index in [1.807, 2.05) is 5.19 Å². The Labute approximate surface area is 241 Å². The topological polar surface area (TPSA) is 0 Å². The molecule has 0 amide bonds. The van der Waals surface area contributed by atoms with E-state index in [9.17, 15) is 0 Å². The van der Waals surface area contributed by atoms with Crippen molar-refractivity contribution in [2.24, 2.45) is 0 Å². The summed E-state index contributed by atoms with van der Waals surface area (Å²) in [4.78, 5) is 0. The van der Waals surface area contributed by atoms with Gasteiger partial charge < -0.3 is 0 Å². The van der Waals surface area contributed by atoms with Crippen LogP contribution < -0.4 is 5.19 Å². The molecule has 1 saturated carbocycles. The molecule has 4 aliphatic carbocycles. The Morgan fingerprint density at radius 2 is 1.02 bits per heavy atom. The lowest BCUT2D eigenvalue weighted by Crippen LogP contribution is -2.51. The molecule has 202 valence electrons. The molecule has 4 aromatic rings. The molecule has 4 aromatic carbocycles. The van der Waals surface area contributed by atoms with Crippen molar-refractivity contribution >= 4 is 13.3 Å². The highest BCUT2D eigenvalue weighted by Gasteiger charge is 2.71. The first kappa shape index (κ1) is 24.9. The molecule has 0 spiro atoms. The smallest absolute Gasteiger partial charge is 0.0619 e. The molecule has 1 heterocycles. The summed E-state index contributed by atoms with van der Waals surface area (Å²) >= 11 is 0. The van der Waals surface area contributed by atoms with E-state index in [0.717, 1.165) is 11.1 Å². The van der Waals surface area contributed by atoms with Crippen molar-refractivity contribution in [1.82, 2.24) is 0 Å². The Bertz CT molecular complexity index is 1470. The van der Waals surface area contributed by atoms with Gasteiger partial charge in [0, 0.05) is 11.3 Å². The summed E-state index contributed by atoms with van der Waals surface area (Å²) in [6.45, 7) is 9.78. The van der Waals surface area contributed by atoms with Gasteiger partial charge in [-0.25, -0.2) is 0 Å². The lowest BCUT2D eigenvalue weighted by Gasteiger charge is -2.52. The van der Waals surface area contributed by atoms with Gasteiger partial charge in [-0.1, -0.05) is 150 Å². The SMILES string of the molecule is CC(C)c1cccc(C(C)C)c1[Si]1(CC23c4ccccc4C(c4ccccc42)c2ccccc23)C2CCCCC21. The van der Waals surface area contributed by atoms with E-state index in [1.54, 1.807) is 44.5 Å². The Hall–Kier alpha value is -2.90. The van der Waals surface area contributed by atoms with Gasteiger partial charge in [0.15, 0.2) is 0 Å². The van der Waals surface area contributed by atoms with Crippen LogP contribution in [0.5, 0.6) is 0 Å². The highest BCUT2D eigenvalue weighted by atomic mass is 28.3. The van der Waals surface area contributed by atoms with Crippen LogP contribution in [0.1, 0.15) is 116 Å². The third-order valence-electron chi connectivity index (χ3n) is 11.6. The molecule has 0 radical (unpaired) electrons. The fourth-order valence-electron chi connectivity index (χ4n) is 10.1. The number of hydrogen-bond donors (Lipinski definition) is 0. The van der Waals surface area contributed by atoms with Crippen LogP contribution in [0.3, 0.4) is 0 Å². The average molecular weight is 539 g/mol. The van der Waals surface area contributed by atoms with E-state index < -0.39 is 8.07 Å². The number of hydrogen-bond acceptors (Lipinski definition) is 0. The Kier molecular flexibility index (Phi) is 5.47. The van der Waals surface area contributed by atoms with Crippen molar-refractivity contribution < 1.29 is 0 Å².